The van der Waals surface area contributed by atoms with Crippen molar-refractivity contribution in [3.05, 3.63) is 35.4 Å². The van der Waals surface area contributed by atoms with E-state index in [-0.39, 0.29) is 24.7 Å². The van der Waals surface area contributed by atoms with Crippen LogP contribution in [0.5, 0.6) is 0 Å². The molecule has 1 rings (SSSR count). The molecule has 0 N–H and O–H groups in total. The molecule has 0 aliphatic rings. The van der Waals surface area contributed by atoms with Gasteiger partial charge in [0.25, 0.3) is 0 Å². The first-order valence-corrected chi connectivity index (χ1v) is 7.19. The summed E-state index contributed by atoms with van der Waals surface area (Å²) in [5.41, 5.74) is 1.76. The zero-order valence-corrected chi connectivity index (χ0v) is 13.6. The first-order chi connectivity index (χ1) is 9.67. The summed E-state index contributed by atoms with van der Waals surface area (Å²) in [7, 11) is 1.75. The number of rotatable bonds is 5. The van der Waals surface area contributed by atoms with Crippen LogP contribution in [0.3, 0.4) is 0 Å². The maximum Gasteiger partial charge on any atom is 0.306 e. The van der Waals surface area contributed by atoms with E-state index in [9.17, 15) is 9.59 Å². The fourth-order valence-corrected chi connectivity index (χ4v) is 1.85. The number of benzene rings is 1. The van der Waals surface area contributed by atoms with Crippen LogP contribution in [0.2, 0.25) is 0 Å². The molecular formula is C17H25NO3. The Hall–Kier alpha value is -1.84. The highest BCUT2D eigenvalue weighted by Crippen LogP contribution is 2.11. The van der Waals surface area contributed by atoms with Crippen LogP contribution in [-0.2, 0) is 20.9 Å². The molecule has 4 nitrogen and oxygen atoms in total. The highest BCUT2D eigenvalue weighted by Gasteiger charge is 2.18. The Morgan fingerprint density at radius 1 is 1.10 bits per heavy atom. The van der Waals surface area contributed by atoms with Gasteiger partial charge in [0.2, 0.25) is 5.91 Å². The van der Waals surface area contributed by atoms with Gasteiger partial charge in [-0.1, -0.05) is 29.8 Å². The second-order valence-electron chi connectivity index (χ2n) is 6.32. The van der Waals surface area contributed by atoms with Gasteiger partial charge in [0.15, 0.2) is 0 Å². The highest BCUT2D eigenvalue weighted by molar-refractivity contribution is 5.81. The average molecular weight is 291 g/mol. The molecule has 1 aromatic rings. The van der Waals surface area contributed by atoms with Gasteiger partial charge in [0, 0.05) is 20.0 Å². The van der Waals surface area contributed by atoms with E-state index in [0.29, 0.717) is 6.54 Å². The molecular weight excluding hydrogens is 266 g/mol. The lowest BCUT2D eigenvalue weighted by atomic mass is 10.1. The van der Waals surface area contributed by atoms with Crippen LogP contribution in [0, 0.1) is 6.92 Å². The molecule has 116 valence electrons. The van der Waals surface area contributed by atoms with Crippen molar-refractivity contribution in [2.45, 2.75) is 52.7 Å². The Balaban J connectivity index is 2.41. The molecule has 21 heavy (non-hydrogen) atoms. The first kappa shape index (κ1) is 17.2. The summed E-state index contributed by atoms with van der Waals surface area (Å²) in [6.07, 6.45) is 0.297. The Morgan fingerprint density at radius 2 is 1.67 bits per heavy atom. The number of hydrogen-bond donors (Lipinski definition) is 0. The van der Waals surface area contributed by atoms with Gasteiger partial charge in [0.1, 0.15) is 5.60 Å². The molecule has 1 aromatic carbocycles. The molecule has 1 amide bonds. The van der Waals surface area contributed by atoms with Gasteiger partial charge in [-0.3, -0.25) is 9.59 Å². The summed E-state index contributed by atoms with van der Waals surface area (Å²) < 4.78 is 5.19. The van der Waals surface area contributed by atoms with E-state index in [1.165, 1.54) is 5.56 Å². The molecule has 0 saturated carbocycles. The fraction of sp³-hybridized carbons (Fsp3) is 0.529. The van der Waals surface area contributed by atoms with Gasteiger partial charge >= 0.3 is 5.97 Å². The van der Waals surface area contributed by atoms with Gasteiger partial charge in [-0.05, 0) is 33.3 Å². The minimum atomic E-state index is -0.506. The minimum Gasteiger partial charge on any atom is -0.460 e. The molecule has 0 heterocycles. The third-order valence-corrected chi connectivity index (χ3v) is 2.93. The van der Waals surface area contributed by atoms with Crippen LogP contribution in [0.15, 0.2) is 24.3 Å². The summed E-state index contributed by atoms with van der Waals surface area (Å²) in [4.78, 5) is 25.2. The SMILES string of the molecule is Cc1ccc(CN(C)C(=O)CCC(=O)OC(C)(C)C)cc1. The van der Waals surface area contributed by atoms with Crippen molar-refractivity contribution in [3.8, 4) is 0 Å². The third-order valence-electron chi connectivity index (χ3n) is 2.93. The molecule has 0 fully saturated rings. The standard InChI is InChI=1S/C17H25NO3/c1-13-6-8-14(9-7-13)12-18(5)15(19)10-11-16(20)21-17(2,3)4/h6-9H,10-12H2,1-5H3. The number of amides is 1. The van der Waals surface area contributed by atoms with E-state index in [1.807, 2.05) is 52.0 Å². The smallest absolute Gasteiger partial charge is 0.306 e. The van der Waals surface area contributed by atoms with Crippen molar-refractivity contribution in [2.24, 2.45) is 0 Å². The van der Waals surface area contributed by atoms with Crippen LogP contribution < -0.4 is 0 Å². The number of aryl methyl sites for hydroxylation is 1. The number of ether oxygens (including phenoxy) is 1. The lowest BCUT2D eigenvalue weighted by Gasteiger charge is -2.20. The van der Waals surface area contributed by atoms with E-state index >= 15 is 0 Å². The van der Waals surface area contributed by atoms with Crippen LogP contribution in [0.1, 0.15) is 44.7 Å². The van der Waals surface area contributed by atoms with Crippen LogP contribution >= 0.6 is 0 Å². The second kappa shape index (κ2) is 7.25. The Labute approximate surface area is 127 Å². The Morgan fingerprint density at radius 3 is 2.19 bits per heavy atom. The quantitative estimate of drug-likeness (QED) is 0.783. The largest absolute Gasteiger partial charge is 0.460 e. The van der Waals surface area contributed by atoms with E-state index < -0.39 is 5.60 Å². The summed E-state index contributed by atoms with van der Waals surface area (Å²) >= 11 is 0. The summed E-state index contributed by atoms with van der Waals surface area (Å²) in [5.74, 6) is -0.388. The zero-order valence-electron chi connectivity index (χ0n) is 13.6. The zero-order chi connectivity index (χ0) is 16.0. The number of hydrogen-bond acceptors (Lipinski definition) is 3. The fourth-order valence-electron chi connectivity index (χ4n) is 1.85. The topological polar surface area (TPSA) is 46.6 Å². The van der Waals surface area contributed by atoms with Gasteiger partial charge in [-0.15, -0.1) is 0 Å². The molecule has 0 saturated heterocycles. The normalized spacial score (nSPS) is 11.1. The van der Waals surface area contributed by atoms with Gasteiger partial charge in [-0.2, -0.15) is 0 Å². The molecule has 0 atom stereocenters. The van der Waals surface area contributed by atoms with Crippen molar-refractivity contribution >= 4 is 11.9 Å². The minimum absolute atomic E-state index is 0.0542. The molecule has 0 radical (unpaired) electrons. The maximum atomic E-state index is 12.0. The predicted octanol–water partition coefficient (Wildman–Crippen LogP) is 3.08. The Bertz CT molecular complexity index is 486. The molecule has 0 aliphatic heterocycles. The van der Waals surface area contributed by atoms with Crippen molar-refractivity contribution in [1.82, 2.24) is 4.90 Å². The summed E-state index contributed by atoms with van der Waals surface area (Å²) in [6.45, 7) is 8.02. The van der Waals surface area contributed by atoms with Gasteiger partial charge in [0.05, 0.1) is 6.42 Å². The lowest BCUT2D eigenvalue weighted by Crippen LogP contribution is -2.28. The predicted molar refractivity (Wildman–Crippen MR) is 82.7 cm³/mol. The highest BCUT2D eigenvalue weighted by atomic mass is 16.6. The van der Waals surface area contributed by atoms with E-state index in [2.05, 4.69) is 0 Å². The van der Waals surface area contributed by atoms with Gasteiger partial charge in [-0.25, -0.2) is 0 Å². The number of carbonyl (C=O) groups is 2. The van der Waals surface area contributed by atoms with Crippen molar-refractivity contribution in [3.63, 3.8) is 0 Å². The van der Waals surface area contributed by atoms with Crippen molar-refractivity contribution in [2.75, 3.05) is 7.05 Å². The van der Waals surface area contributed by atoms with Crippen LogP contribution in [0.25, 0.3) is 0 Å². The summed E-state index contributed by atoms with van der Waals surface area (Å²) in [5, 5.41) is 0. The molecule has 0 aromatic heterocycles. The molecule has 0 aliphatic carbocycles. The van der Waals surface area contributed by atoms with Crippen molar-refractivity contribution < 1.29 is 14.3 Å². The number of carbonyl (C=O) groups excluding carboxylic acids is 2. The molecule has 4 heteroatoms. The Kier molecular flexibility index (Phi) is 5.94. The maximum absolute atomic E-state index is 12.0. The van der Waals surface area contributed by atoms with Crippen molar-refractivity contribution in [1.29, 1.82) is 0 Å². The second-order valence-corrected chi connectivity index (χ2v) is 6.32. The van der Waals surface area contributed by atoms with E-state index in [0.717, 1.165) is 5.56 Å². The van der Waals surface area contributed by atoms with Crippen LogP contribution in [0.4, 0.5) is 0 Å². The number of esters is 1. The number of nitrogens with zero attached hydrogens (tertiary/aromatic N) is 1. The lowest BCUT2D eigenvalue weighted by molar-refractivity contribution is -0.156. The van der Waals surface area contributed by atoms with E-state index in [4.69, 9.17) is 4.74 Å². The molecule has 0 bridgehead atoms. The molecule has 0 spiro atoms. The average Bonchev–Trinajstić information content (AvgIpc) is 2.36. The van der Waals surface area contributed by atoms with Crippen LogP contribution in [-0.4, -0.2) is 29.4 Å². The third kappa shape index (κ3) is 6.93. The monoisotopic (exact) mass is 291 g/mol. The van der Waals surface area contributed by atoms with Gasteiger partial charge < -0.3 is 9.64 Å². The van der Waals surface area contributed by atoms with E-state index in [1.54, 1.807) is 11.9 Å². The first-order valence-electron chi connectivity index (χ1n) is 7.19. The molecule has 0 unspecified atom stereocenters. The summed E-state index contributed by atoms with van der Waals surface area (Å²) in [6, 6.07) is 8.06.